The molecule has 2 aromatic rings. The number of rotatable bonds is 8. The van der Waals surface area contributed by atoms with Crippen LogP contribution in [0, 0.1) is 0 Å². The molecule has 4 heteroatoms. The summed E-state index contributed by atoms with van der Waals surface area (Å²) in [7, 11) is 1.60. The summed E-state index contributed by atoms with van der Waals surface area (Å²) >= 11 is 0. The van der Waals surface area contributed by atoms with Gasteiger partial charge in [-0.1, -0.05) is 30.3 Å². The Kier molecular flexibility index (Phi) is 6.45. The lowest BCUT2D eigenvalue weighted by Crippen LogP contribution is -2.25. The molecule has 0 aromatic heterocycles. The van der Waals surface area contributed by atoms with Crippen molar-refractivity contribution in [1.82, 2.24) is 5.32 Å². The molecule has 0 aliphatic heterocycles. The van der Waals surface area contributed by atoms with Gasteiger partial charge < -0.3 is 14.8 Å². The van der Waals surface area contributed by atoms with Gasteiger partial charge in [-0.25, -0.2) is 0 Å². The highest BCUT2D eigenvalue weighted by Gasteiger charge is 2.04. The van der Waals surface area contributed by atoms with Gasteiger partial charge >= 0.3 is 0 Å². The van der Waals surface area contributed by atoms with Crippen molar-refractivity contribution in [2.45, 2.75) is 13.0 Å². The molecule has 2 aromatic carbocycles. The summed E-state index contributed by atoms with van der Waals surface area (Å²) in [5, 5.41) is 2.88. The number of hydrogen-bond donors (Lipinski definition) is 1. The average molecular weight is 299 g/mol. The molecule has 22 heavy (non-hydrogen) atoms. The first-order valence-corrected chi connectivity index (χ1v) is 7.33. The molecule has 0 saturated carbocycles. The molecule has 0 unspecified atom stereocenters. The first-order chi connectivity index (χ1) is 10.8. The van der Waals surface area contributed by atoms with Crippen LogP contribution in [0.3, 0.4) is 0 Å². The minimum Gasteiger partial charge on any atom is -0.497 e. The number of nitrogens with one attached hydrogen (secondary N) is 1. The Morgan fingerprint density at radius 2 is 1.77 bits per heavy atom. The topological polar surface area (TPSA) is 47.6 Å². The van der Waals surface area contributed by atoms with Crippen molar-refractivity contribution in [3.63, 3.8) is 0 Å². The lowest BCUT2D eigenvalue weighted by atomic mass is 10.2. The summed E-state index contributed by atoms with van der Waals surface area (Å²) in [6.45, 7) is 1.82. The summed E-state index contributed by atoms with van der Waals surface area (Å²) in [5.74, 6) is 0.663. The molecule has 0 aliphatic carbocycles. The van der Waals surface area contributed by atoms with Gasteiger partial charge in [-0.3, -0.25) is 4.79 Å². The third-order valence-electron chi connectivity index (χ3n) is 3.21. The van der Waals surface area contributed by atoms with Gasteiger partial charge in [0.15, 0.2) is 0 Å². The van der Waals surface area contributed by atoms with Crippen molar-refractivity contribution in [1.29, 1.82) is 0 Å². The highest BCUT2D eigenvalue weighted by molar-refractivity contribution is 5.94. The van der Waals surface area contributed by atoms with E-state index < -0.39 is 0 Å². The number of carbonyl (C=O) groups is 1. The number of carbonyl (C=O) groups excluding carboxylic acids is 1. The van der Waals surface area contributed by atoms with E-state index in [1.807, 2.05) is 30.3 Å². The Morgan fingerprint density at radius 3 is 2.45 bits per heavy atom. The number of ether oxygens (including phenoxy) is 2. The standard InChI is InChI=1S/C18H21NO3/c1-21-17-10-8-16(9-11-17)18(20)19-12-5-13-22-14-15-6-3-2-4-7-15/h2-4,6-11H,5,12-14H2,1H3,(H,19,20). The molecule has 0 radical (unpaired) electrons. The fourth-order valence-corrected chi connectivity index (χ4v) is 1.98. The molecule has 1 N–H and O–H groups in total. The molecule has 116 valence electrons. The molecule has 0 spiro atoms. The predicted octanol–water partition coefficient (Wildman–Crippen LogP) is 3.03. The fraction of sp³-hybridized carbons (Fsp3) is 0.278. The molecule has 0 heterocycles. The maximum absolute atomic E-state index is 11.9. The summed E-state index contributed by atoms with van der Waals surface area (Å²) < 4.78 is 10.6. The largest absolute Gasteiger partial charge is 0.497 e. The van der Waals surface area contributed by atoms with E-state index in [9.17, 15) is 4.79 Å². The Balaban J connectivity index is 1.60. The Morgan fingerprint density at radius 1 is 1.05 bits per heavy atom. The van der Waals surface area contributed by atoms with E-state index in [0.717, 1.165) is 17.7 Å². The maximum Gasteiger partial charge on any atom is 0.251 e. The van der Waals surface area contributed by atoms with Crippen LogP contribution in [-0.4, -0.2) is 26.2 Å². The smallest absolute Gasteiger partial charge is 0.251 e. The number of amides is 1. The van der Waals surface area contributed by atoms with E-state index in [1.54, 1.807) is 31.4 Å². The molecule has 4 nitrogen and oxygen atoms in total. The van der Waals surface area contributed by atoms with Gasteiger partial charge in [0.05, 0.1) is 13.7 Å². The number of methoxy groups -OCH3 is 1. The van der Waals surface area contributed by atoms with Gasteiger partial charge in [0.1, 0.15) is 5.75 Å². The van der Waals surface area contributed by atoms with E-state index in [-0.39, 0.29) is 5.91 Å². The van der Waals surface area contributed by atoms with Gasteiger partial charge in [0.25, 0.3) is 5.91 Å². The normalized spacial score (nSPS) is 10.2. The van der Waals surface area contributed by atoms with Gasteiger partial charge in [-0.2, -0.15) is 0 Å². The van der Waals surface area contributed by atoms with Crippen LogP contribution >= 0.6 is 0 Å². The van der Waals surface area contributed by atoms with Crippen molar-refractivity contribution < 1.29 is 14.3 Å². The summed E-state index contributed by atoms with van der Waals surface area (Å²) in [6, 6.07) is 17.1. The second-order valence-corrected chi connectivity index (χ2v) is 4.88. The van der Waals surface area contributed by atoms with Crippen molar-refractivity contribution >= 4 is 5.91 Å². The van der Waals surface area contributed by atoms with Gasteiger partial charge in [-0.05, 0) is 36.2 Å². The quantitative estimate of drug-likeness (QED) is 0.762. The molecule has 0 atom stereocenters. The Bertz CT molecular complexity index is 567. The van der Waals surface area contributed by atoms with E-state index in [2.05, 4.69) is 5.32 Å². The molecule has 1 amide bonds. The minimum atomic E-state index is -0.0780. The zero-order chi connectivity index (χ0) is 15.6. The van der Waals surface area contributed by atoms with Crippen molar-refractivity contribution in [2.24, 2.45) is 0 Å². The molecular weight excluding hydrogens is 278 g/mol. The van der Waals surface area contributed by atoms with Crippen molar-refractivity contribution in [2.75, 3.05) is 20.3 Å². The van der Waals surface area contributed by atoms with Crippen LogP contribution in [0.15, 0.2) is 54.6 Å². The monoisotopic (exact) mass is 299 g/mol. The van der Waals surface area contributed by atoms with E-state index >= 15 is 0 Å². The summed E-state index contributed by atoms with van der Waals surface area (Å²) in [4.78, 5) is 11.9. The van der Waals surface area contributed by atoms with Crippen LogP contribution in [0.4, 0.5) is 0 Å². The average Bonchev–Trinajstić information content (AvgIpc) is 2.58. The highest BCUT2D eigenvalue weighted by atomic mass is 16.5. The van der Waals surface area contributed by atoms with Crippen molar-refractivity contribution in [3.05, 3.63) is 65.7 Å². The lowest BCUT2D eigenvalue weighted by molar-refractivity contribution is 0.0934. The highest BCUT2D eigenvalue weighted by Crippen LogP contribution is 2.11. The Labute approximate surface area is 131 Å². The van der Waals surface area contributed by atoms with Gasteiger partial charge in [0.2, 0.25) is 0 Å². The summed E-state index contributed by atoms with van der Waals surface area (Å²) in [5.41, 5.74) is 1.79. The third kappa shape index (κ3) is 5.22. The van der Waals surface area contributed by atoms with Crippen LogP contribution < -0.4 is 10.1 Å². The van der Waals surface area contributed by atoms with E-state index in [0.29, 0.717) is 25.3 Å². The van der Waals surface area contributed by atoms with E-state index in [1.165, 1.54) is 0 Å². The molecule has 0 bridgehead atoms. The first kappa shape index (κ1) is 16.0. The molecular formula is C18H21NO3. The van der Waals surface area contributed by atoms with Gasteiger partial charge in [-0.15, -0.1) is 0 Å². The SMILES string of the molecule is COc1ccc(C(=O)NCCCOCc2ccccc2)cc1. The van der Waals surface area contributed by atoms with Crippen LogP contribution in [0.1, 0.15) is 22.3 Å². The predicted molar refractivity (Wildman–Crippen MR) is 86.0 cm³/mol. The summed E-state index contributed by atoms with van der Waals surface area (Å²) in [6.07, 6.45) is 0.786. The minimum absolute atomic E-state index is 0.0780. The maximum atomic E-state index is 11.9. The second-order valence-electron chi connectivity index (χ2n) is 4.88. The van der Waals surface area contributed by atoms with Gasteiger partial charge in [0, 0.05) is 18.7 Å². The van der Waals surface area contributed by atoms with Crippen LogP contribution in [0.2, 0.25) is 0 Å². The Hall–Kier alpha value is -2.33. The lowest BCUT2D eigenvalue weighted by Gasteiger charge is -2.07. The molecule has 2 rings (SSSR count). The van der Waals surface area contributed by atoms with E-state index in [4.69, 9.17) is 9.47 Å². The number of hydrogen-bond acceptors (Lipinski definition) is 3. The fourth-order valence-electron chi connectivity index (χ4n) is 1.98. The van der Waals surface area contributed by atoms with Crippen LogP contribution in [-0.2, 0) is 11.3 Å². The third-order valence-corrected chi connectivity index (χ3v) is 3.21. The first-order valence-electron chi connectivity index (χ1n) is 7.33. The molecule has 0 fully saturated rings. The molecule has 0 saturated heterocycles. The molecule has 0 aliphatic rings. The van der Waals surface area contributed by atoms with Crippen LogP contribution in [0.25, 0.3) is 0 Å². The zero-order valence-electron chi connectivity index (χ0n) is 12.7. The van der Waals surface area contributed by atoms with Crippen molar-refractivity contribution in [3.8, 4) is 5.75 Å². The second kappa shape index (κ2) is 8.85. The zero-order valence-corrected chi connectivity index (χ0v) is 12.7. The van der Waals surface area contributed by atoms with Crippen LogP contribution in [0.5, 0.6) is 5.75 Å². The number of benzene rings is 2.